The number of ether oxygens (including phenoxy) is 7. The van der Waals surface area contributed by atoms with Gasteiger partial charge >= 0.3 is 30.2 Å². The fourth-order valence-electron chi connectivity index (χ4n) is 11.1. The molecule has 2 aromatic rings. The third-order valence-electron chi connectivity index (χ3n) is 15.9. The molecule has 2 saturated heterocycles. The first-order valence-electron chi connectivity index (χ1n) is 29.0. The Hall–Kier alpha value is -7.39. The highest BCUT2D eigenvalue weighted by molar-refractivity contribution is 5.94. The summed E-state index contributed by atoms with van der Waals surface area (Å²) in [5.74, 6) is -4.46. The summed E-state index contributed by atoms with van der Waals surface area (Å²) in [4.78, 5) is 125. The molecule has 8 atom stereocenters. The summed E-state index contributed by atoms with van der Waals surface area (Å²) in [6, 6.07) is 8.73. The lowest BCUT2D eigenvalue weighted by Gasteiger charge is -2.35. The summed E-state index contributed by atoms with van der Waals surface area (Å²) < 4.78 is 38.3. The predicted molar refractivity (Wildman–Crippen MR) is 328 cm³/mol. The van der Waals surface area contributed by atoms with Gasteiger partial charge in [0.05, 0.1) is 66.8 Å². The standard InChI is InChI=1S/C35H49N3O9.C29H38N2O7.2CH4/c1-10-15-45-21-27(36-32(42)47-35(6,7)8)29(39)17-26(34(3,4)5)30(40)38-19-24(16-28(38)31(41)44-9)46-33(43)37-18-23-14-12-13-22(11-2)25(23)20-37;1-18-17-37-11-7-10-19-8-6-9-20-14-30(16-22(19)20)28(35)38-21-12-24(27(34)36-5)31(15-21)26(33)23(13-25(18)32)29(2,3)4;;/h10-14,24,26-28H,1-2,15-21H2,3-9H3,(H,36,42);6-10,18,21,23-24H,11-17H2,1-5H3;2*1H4/b;10-7+;;/t24-,26-,27+,28+;18-,21+,23+,24-;;/m10../s1. The molecule has 0 saturated carbocycles. The summed E-state index contributed by atoms with van der Waals surface area (Å²) in [5.41, 5.74) is 3.97. The number of ketones is 2. The summed E-state index contributed by atoms with van der Waals surface area (Å²) >= 11 is 0. The lowest BCUT2D eigenvalue weighted by atomic mass is 9.75. The fourth-order valence-corrected chi connectivity index (χ4v) is 11.1. The highest BCUT2D eigenvalue weighted by Gasteiger charge is 2.49. The topological polar surface area (TPSA) is 243 Å². The van der Waals surface area contributed by atoms with E-state index in [1.807, 2.05) is 90.1 Å². The highest BCUT2D eigenvalue weighted by Crippen LogP contribution is 2.38. The number of benzene rings is 2. The van der Waals surface area contributed by atoms with Crippen LogP contribution in [0.15, 0.2) is 61.7 Å². The Bertz CT molecular complexity index is 2860. The van der Waals surface area contributed by atoms with E-state index in [0.717, 1.165) is 33.4 Å². The molecule has 5 aliphatic rings. The molecule has 0 spiro atoms. The zero-order valence-corrected chi connectivity index (χ0v) is 51.5. The van der Waals surface area contributed by atoms with Gasteiger partial charge in [-0.2, -0.15) is 0 Å². The molecule has 4 bridgehead atoms. The average Bonchev–Trinajstić information content (AvgIpc) is 1.85. The summed E-state index contributed by atoms with van der Waals surface area (Å²) in [7, 11) is 2.50. The van der Waals surface area contributed by atoms with Crippen molar-refractivity contribution in [3.05, 3.63) is 95.1 Å². The van der Waals surface area contributed by atoms with Crippen LogP contribution >= 0.6 is 0 Å². The molecule has 7 rings (SSSR count). The Morgan fingerprint density at radius 1 is 0.816 bits per heavy atom. The molecule has 5 aliphatic heterocycles. The van der Waals surface area contributed by atoms with Crippen LogP contribution in [0.25, 0.3) is 12.2 Å². The van der Waals surface area contributed by atoms with Gasteiger partial charge in [0.15, 0.2) is 5.78 Å². The first-order chi connectivity index (χ1) is 40.0. The van der Waals surface area contributed by atoms with Crippen molar-refractivity contribution in [3.8, 4) is 0 Å². The van der Waals surface area contributed by atoms with Crippen molar-refractivity contribution in [2.75, 3.05) is 53.7 Å². The van der Waals surface area contributed by atoms with Crippen LogP contribution in [0.2, 0.25) is 0 Å². The highest BCUT2D eigenvalue weighted by atomic mass is 16.6. The molecule has 1 N–H and O–H groups in total. The molecule has 0 aromatic heterocycles. The number of hydrogen-bond acceptors (Lipinski definition) is 16. The van der Waals surface area contributed by atoms with Gasteiger partial charge in [-0.3, -0.25) is 29.0 Å². The number of carbonyl (C=O) groups excluding carboxylic acids is 9. The smallest absolute Gasteiger partial charge is 0.410 e. The maximum Gasteiger partial charge on any atom is 0.410 e. The number of rotatable bonds is 13. The second-order valence-electron chi connectivity index (χ2n) is 25.5. The second-order valence-corrected chi connectivity index (χ2v) is 25.5. The quantitative estimate of drug-likeness (QED) is 0.0849. The first kappa shape index (κ1) is 72.1. The molecule has 21 nitrogen and oxygen atoms in total. The lowest BCUT2D eigenvalue weighted by Crippen LogP contribution is -2.50. The molecule has 5 heterocycles. The van der Waals surface area contributed by atoms with Gasteiger partial charge in [-0.25, -0.2) is 24.0 Å². The number of nitrogens with one attached hydrogen (secondary N) is 1. The Labute approximate surface area is 514 Å². The molecule has 5 amide bonds. The van der Waals surface area contributed by atoms with Crippen LogP contribution in [0.4, 0.5) is 14.4 Å². The largest absolute Gasteiger partial charge is 0.467 e. The maximum atomic E-state index is 14.2. The van der Waals surface area contributed by atoms with E-state index in [9.17, 15) is 43.2 Å². The minimum absolute atomic E-state index is 0. The first-order valence-corrected chi connectivity index (χ1v) is 29.0. The molecule has 2 fully saturated rings. The van der Waals surface area contributed by atoms with Crippen LogP contribution in [0, 0.1) is 28.6 Å². The molecular formula is C66H95N5O16. The fraction of sp³-hybridized carbons (Fsp3) is 0.591. The van der Waals surface area contributed by atoms with Gasteiger partial charge in [0, 0.05) is 56.5 Å². The Balaban J connectivity index is 0.000000371. The van der Waals surface area contributed by atoms with E-state index in [-0.39, 0.29) is 91.1 Å². The van der Waals surface area contributed by atoms with Crippen molar-refractivity contribution in [2.24, 2.45) is 28.6 Å². The third-order valence-corrected chi connectivity index (χ3v) is 15.9. The zero-order chi connectivity index (χ0) is 62.7. The number of likely N-dealkylation sites (tertiary alicyclic amines) is 1. The van der Waals surface area contributed by atoms with Crippen LogP contribution in [-0.4, -0.2) is 163 Å². The van der Waals surface area contributed by atoms with Crippen molar-refractivity contribution in [1.29, 1.82) is 0 Å². The van der Waals surface area contributed by atoms with Crippen molar-refractivity contribution in [1.82, 2.24) is 24.9 Å². The minimum Gasteiger partial charge on any atom is -0.467 e. The van der Waals surface area contributed by atoms with Gasteiger partial charge in [-0.1, -0.05) is 131 Å². The predicted octanol–water partition coefficient (Wildman–Crippen LogP) is 9.50. The molecular weight excluding hydrogens is 1120 g/mol. The molecule has 2 aromatic carbocycles. The molecule has 21 heteroatoms. The zero-order valence-electron chi connectivity index (χ0n) is 51.5. The number of esters is 2. The van der Waals surface area contributed by atoms with Crippen molar-refractivity contribution < 1.29 is 76.3 Å². The SMILES string of the molecule is C.C.C=CCOC[C@H](NC(=O)OC(C)(C)C)C(=O)C[C@H](C(=O)N1C[C@H](OC(=O)N2Cc3cccc(C=C)c3C2)C[C@H]1C(=O)OC)C(C)(C)C.COC(=O)[C@@H]1C[C@@H]2CN1C(=O)[C@H](C(C)(C)C)CC(=O)[C@@H](C)COC/C=C/c1cccc3c1CN(C3)C(=O)O2. The minimum atomic E-state index is -1.10. The molecule has 0 unspecified atom stereocenters. The van der Waals surface area contributed by atoms with Crippen molar-refractivity contribution in [2.45, 2.75) is 172 Å². The van der Waals surface area contributed by atoms with Gasteiger partial charge in [0.25, 0.3) is 0 Å². The van der Waals surface area contributed by atoms with Crippen LogP contribution in [-0.2, 0) is 88.1 Å². The van der Waals surface area contributed by atoms with Gasteiger partial charge in [-0.15, -0.1) is 6.58 Å². The van der Waals surface area contributed by atoms with Crippen molar-refractivity contribution >= 4 is 65.8 Å². The summed E-state index contributed by atoms with van der Waals surface area (Å²) in [5, 5.41) is 2.57. The number of amides is 5. The van der Waals surface area contributed by atoms with Crippen LogP contribution < -0.4 is 5.32 Å². The number of nitrogens with zero attached hydrogens (tertiary/aromatic N) is 4. The monoisotopic (exact) mass is 1210 g/mol. The third kappa shape index (κ3) is 18.8. The van der Waals surface area contributed by atoms with E-state index < -0.39 is 101 Å². The van der Waals surface area contributed by atoms with Crippen LogP contribution in [0.1, 0.15) is 143 Å². The molecule has 480 valence electrons. The van der Waals surface area contributed by atoms with Gasteiger partial charge in [0.1, 0.15) is 41.7 Å². The van der Waals surface area contributed by atoms with Gasteiger partial charge in [0.2, 0.25) is 11.8 Å². The van der Waals surface area contributed by atoms with Crippen LogP contribution in [0.5, 0.6) is 0 Å². The van der Waals surface area contributed by atoms with E-state index in [1.54, 1.807) is 43.6 Å². The summed E-state index contributed by atoms with van der Waals surface area (Å²) in [6.45, 7) is 27.7. The van der Waals surface area contributed by atoms with Gasteiger partial charge in [-0.05, 0) is 65.0 Å². The van der Waals surface area contributed by atoms with E-state index >= 15 is 0 Å². The maximum absolute atomic E-state index is 14.2. The number of alkyl carbamates (subject to hydrolysis) is 1. The normalized spacial score (nSPS) is 22.4. The van der Waals surface area contributed by atoms with Crippen LogP contribution in [0.3, 0.4) is 0 Å². The lowest BCUT2D eigenvalue weighted by molar-refractivity contribution is -0.154. The Morgan fingerprint density at radius 2 is 1.47 bits per heavy atom. The van der Waals surface area contributed by atoms with E-state index in [1.165, 1.54) is 30.1 Å². The Kier molecular flexibility index (Phi) is 25.7. The number of hydrogen-bond donors (Lipinski definition) is 1. The van der Waals surface area contributed by atoms with E-state index in [0.29, 0.717) is 32.8 Å². The number of carbonyl (C=O) groups is 9. The average molecular weight is 1210 g/mol. The summed E-state index contributed by atoms with van der Waals surface area (Å²) in [6.07, 6.45) is 3.82. The van der Waals surface area contributed by atoms with E-state index in [2.05, 4.69) is 18.5 Å². The van der Waals surface area contributed by atoms with E-state index in [4.69, 9.17) is 33.2 Å². The van der Waals surface area contributed by atoms with Crippen molar-refractivity contribution in [3.63, 3.8) is 0 Å². The second kappa shape index (κ2) is 31.0. The Morgan fingerprint density at radius 3 is 2.09 bits per heavy atom. The molecule has 0 radical (unpaired) electrons. The van der Waals surface area contributed by atoms with Gasteiger partial charge < -0.3 is 48.3 Å². The number of Topliss-reactive ketones (excluding diaryl/α,β-unsaturated/α-hetero) is 2. The molecule has 87 heavy (non-hydrogen) atoms. The molecule has 0 aliphatic carbocycles. The number of fused-ring (bicyclic) bond motifs is 4. The number of methoxy groups -OCH3 is 2.